The molecule has 2 unspecified atom stereocenters. The number of nitrogens with zero attached hydrogens (tertiary/aromatic N) is 4. The van der Waals surface area contributed by atoms with Crippen LogP contribution in [0.5, 0.6) is 11.5 Å². The Morgan fingerprint density at radius 3 is 2.55 bits per heavy atom. The van der Waals surface area contributed by atoms with Crippen LogP contribution in [-0.2, 0) is 19.0 Å². The predicted octanol–water partition coefficient (Wildman–Crippen LogP) is 4.75. The fraction of sp³-hybridized carbons (Fsp3) is 0.500. The summed E-state index contributed by atoms with van der Waals surface area (Å²) in [6.07, 6.45) is -2.37. The molecule has 3 heterocycles. The molecule has 1 fully saturated rings. The second-order valence-corrected chi connectivity index (χ2v) is 8.55. The minimum atomic E-state index is -4.48. The average Bonchev–Trinajstić information content (AvgIpc) is 3.44. The Hall–Kier alpha value is -2.81. The van der Waals surface area contributed by atoms with Gasteiger partial charge >= 0.3 is 6.18 Å². The number of likely N-dealkylation sites (tertiary alicyclic amines) is 1. The number of methoxy groups -OCH3 is 2. The van der Waals surface area contributed by atoms with Crippen molar-refractivity contribution in [3.63, 3.8) is 0 Å². The summed E-state index contributed by atoms with van der Waals surface area (Å²) in [6, 6.07) is 8.99. The number of aromatic nitrogens is 3. The maximum atomic E-state index is 13.6. The van der Waals surface area contributed by atoms with Crippen LogP contribution in [0.25, 0.3) is 5.65 Å². The van der Waals surface area contributed by atoms with Gasteiger partial charge in [0.1, 0.15) is 5.69 Å². The number of alkyl halides is 3. The molecule has 1 aromatic carbocycles. The highest BCUT2D eigenvalue weighted by atomic mass is 19.4. The van der Waals surface area contributed by atoms with E-state index in [0.29, 0.717) is 29.3 Å². The summed E-state index contributed by atoms with van der Waals surface area (Å²) in [5, 5.41) is 4.33. The smallest absolute Gasteiger partial charge is 0.433 e. The van der Waals surface area contributed by atoms with Gasteiger partial charge in [-0.25, -0.2) is 9.50 Å². The lowest BCUT2D eigenvalue weighted by Gasteiger charge is -2.24. The first-order chi connectivity index (χ1) is 15.7. The minimum Gasteiger partial charge on any atom is -0.493 e. The van der Waals surface area contributed by atoms with Crippen LogP contribution in [0, 0.1) is 0 Å². The highest BCUT2D eigenvalue weighted by Crippen LogP contribution is 2.34. The van der Waals surface area contributed by atoms with E-state index in [0.717, 1.165) is 42.1 Å². The van der Waals surface area contributed by atoms with E-state index in [9.17, 15) is 13.2 Å². The third-order valence-electron chi connectivity index (χ3n) is 6.39. The topological polar surface area (TPSA) is 51.9 Å². The molecule has 1 aliphatic rings. The zero-order chi connectivity index (χ0) is 23.8. The maximum Gasteiger partial charge on any atom is 0.433 e. The van der Waals surface area contributed by atoms with Crippen molar-refractivity contribution in [1.82, 2.24) is 19.5 Å². The zero-order valence-electron chi connectivity index (χ0n) is 19.3. The van der Waals surface area contributed by atoms with Crippen LogP contribution in [-0.4, -0.2) is 52.8 Å². The first kappa shape index (κ1) is 23.4. The van der Waals surface area contributed by atoms with Gasteiger partial charge in [-0.15, -0.1) is 0 Å². The van der Waals surface area contributed by atoms with Gasteiger partial charge in [0.2, 0.25) is 0 Å². The summed E-state index contributed by atoms with van der Waals surface area (Å²) in [7, 11) is 3.23. The van der Waals surface area contributed by atoms with Crippen molar-refractivity contribution >= 4 is 5.65 Å². The van der Waals surface area contributed by atoms with Crippen molar-refractivity contribution in [2.24, 2.45) is 0 Å². The van der Waals surface area contributed by atoms with Gasteiger partial charge in [0.05, 0.1) is 19.9 Å². The van der Waals surface area contributed by atoms with Crippen molar-refractivity contribution in [2.75, 3.05) is 27.3 Å². The van der Waals surface area contributed by atoms with Crippen LogP contribution < -0.4 is 9.47 Å². The van der Waals surface area contributed by atoms with Gasteiger partial charge in [-0.3, -0.25) is 4.90 Å². The first-order valence-corrected chi connectivity index (χ1v) is 11.1. The average molecular weight is 463 g/mol. The summed E-state index contributed by atoms with van der Waals surface area (Å²) in [6.45, 7) is 5.58. The van der Waals surface area contributed by atoms with E-state index in [1.807, 2.05) is 18.2 Å². The Labute approximate surface area is 191 Å². The molecule has 0 saturated carbocycles. The Balaban J connectivity index is 1.50. The van der Waals surface area contributed by atoms with Gasteiger partial charge < -0.3 is 9.47 Å². The van der Waals surface area contributed by atoms with Crippen LogP contribution in [0.15, 0.2) is 30.3 Å². The largest absolute Gasteiger partial charge is 0.493 e. The van der Waals surface area contributed by atoms with E-state index >= 15 is 0 Å². The molecule has 0 N–H and O–H groups in total. The fourth-order valence-electron chi connectivity index (χ4n) is 4.53. The van der Waals surface area contributed by atoms with Crippen LogP contribution in [0.4, 0.5) is 13.2 Å². The summed E-state index contributed by atoms with van der Waals surface area (Å²) in [5.41, 5.74) is 1.71. The first-order valence-electron chi connectivity index (χ1n) is 11.1. The number of halogens is 3. The summed E-state index contributed by atoms with van der Waals surface area (Å²) in [4.78, 5) is 6.73. The summed E-state index contributed by atoms with van der Waals surface area (Å²) >= 11 is 0. The highest BCUT2D eigenvalue weighted by molar-refractivity contribution is 5.44. The molecule has 9 heteroatoms. The van der Waals surface area contributed by atoms with Crippen molar-refractivity contribution in [3.05, 3.63) is 53.0 Å². The lowest BCUT2D eigenvalue weighted by molar-refractivity contribution is -0.142. The van der Waals surface area contributed by atoms with Crippen LogP contribution in [0.2, 0.25) is 0 Å². The van der Waals surface area contributed by atoms with Crippen molar-refractivity contribution < 1.29 is 22.6 Å². The van der Waals surface area contributed by atoms with Gasteiger partial charge in [0, 0.05) is 30.3 Å². The van der Waals surface area contributed by atoms with Crippen LogP contribution in [0.1, 0.15) is 48.8 Å². The molecule has 0 radical (unpaired) electrons. The molecule has 6 nitrogen and oxygen atoms in total. The second kappa shape index (κ2) is 9.21. The van der Waals surface area contributed by atoms with Crippen LogP contribution in [0.3, 0.4) is 0 Å². The minimum absolute atomic E-state index is 0.0747. The molecule has 1 saturated heterocycles. The molecule has 2 aromatic heterocycles. The summed E-state index contributed by atoms with van der Waals surface area (Å²) in [5.74, 6) is 1.47. The molecular weight excluding hydrogens is 433 g/mol. The second-order valence-electron chi connectivity index (χ2n) is 8.55. The number of ether oxygens (including phenoxy) is 2. The predicted molar refractivity (Wildman–Crippen MR) is 119 cm³/mol. The Morgan fingerprint density at radius 2 is 1.88 bits per heavy atom. The molecule has 0 aliphatic carbocycles. The highest BCUT2D eigenvalue weighted by Gasteiger charge is 2.36. The van der Waals surface area contributed by atoms with E-state index in [4.69, 9.17) is 9.47 Å². The fourth-order valence-corrected chi connectivity index (χ4v) is 4.53. The van der Waals surface area contributed by atoms with E-state index in [2.05, 4.69) is 21.9 Å². The Bertz CT molecular complexity index is 1130. The van der Waals surface area contributed by atoms with E-state index < -0.39 is 11.9 Å². The SMILES string of the molecule is CCc1cc(C(F)(F)F)n2nc(C3CCN(C(C)Cc4ccc(OC)c(OC)c4)C3)cc2n1. The molecule has 4 rings (SSSR count). The van der Waals surface area contributed by atoms with Crippen molar-refractivity contribution in [2.45, 2.75) is 51.2 Å². The van der Waals surface area contributed by atoms with E-state index in [1.54, 1.807) is 27.2 Å². The molecule has 0 bridgehead atoms. The zero-order valence-corrected chi connectivity index (χ0v) is 19.3. The Morgan fingerprint density at radius 1 is 1.12 bits per heavy atom. The van der Waals surface area contributed by atoms with Gasteiger partial charge in [-0.05, 0) is 56.5 Å². The maximum absolute atomic E-state index is 13.6. The lowest BCUT2D eigenvalue weighted by Crippen LogP contribution is -2.32. The Kier molecular flexibility index (Phi) is 6.52. The monoisotopic (exact) mass is 462 g/mol. The standard InChI is InChI=1S/C24H29F3N4O2/c1-5-18-12-22(24(25,26)27)31-23(28-18)13-19(29-31)17-8-9-30(14-17)15(2)10-16-6-7-20(32-3)21(11-16)33-4/h6-7,11-13,15,17H,5,8-10,14H2,1-4H3. The van der Waals surface area contributed by atoms with Gasteiger partial charge in [-0.2, -0.15) is 18.3 Å². The third-order valence-corrected chi connectivity index (χ3v) is 6.39. The molecular formula is C24H29F3N4O2. The number of benzene rings is 1. The molecule has 0 amide bonds. The molecule has 178 valence electrons. The number of rotatable bonds is 7. The van der Waals surface area contributed by atoms with E-state index in [1.165, 1.54) is 0 Å². The molecule has 3 aromatic rings. The molecule has 0 spiro atoms. The summed E-state index contributed by atoms with van der Waals surface area (Å²) < 4.78 is 52.4. The number of hydrogen-bond acceptors (Lipinski definition) is 5. The van der Waals surface area contributed by atoms with Crippen molar-refractivity contribution in [1.29, 1.82) is 0 Å². The number of aryl methyl sites for hydroxylation is 1. The third kappa shape index (κ3) is 4.78. The van der Waals surface area contributed by atoms with Gasteiger partial charge in [-0.1, -0.05) is 13.0 Å². The van der Waals surface area contributed by atoms with E-state index in [-0.39, 0.29) is 17.6 Å². The van der Waals surface area contributed by atoms with Gasteiger partial charge in [0.25, 0.3) is 0 Å². The van der Waals surface area contributed by atoms with Gasteiger partial charge in [0.15, 0.2) is 17.1 Å². The van der Waals surface area contributed by atoms with Crippen LogP contribution >= 0.6 is 0 Å². The molecule has 1 aliphatic heterocycles. The number of hydrogen-bond donors (Lipinski definition) is 0. The van der Waals surface area contributed by atoms with Crippen molar-refractivity contribution in [3.8, 4) is 11.5 Å². The molecule has 2 atom stereocenters. The normalized spacial score (nSPS) is 18.1. The lowest BCUT2D eigenvalue weighted by atomic mass is 10.0. The number of fused-ring (bicyclic) bond motifs is 1. The molecule has 33 heavy (non-hydrogen) atoms. The quantitative estimate of drug-likeness (QED) is 0.507.